The number of rotatable bonds is 3. The van der Waals surface area contributed by atoms with Gasteiger partial charge in [-0.3, -0.25) is 14.1 Å². The highest BCUT2D eigenvalue weighted by Crippen LogP contribution is 2.56. The van der Waals surface area contributed by atoms with Crippen molar-refractivity contribution < 1.29 is 15.0 Å². The third-order valence-corrected chi connectivity index (χ3v) is 9.22. The standard InChI is InChI=1S/C27H31N5O3/c33-20-5-4-19-14-23-27(35)8-13-30(24(34)22-16-29-25-28-9-1-10-32(22)25)11-6-26(27,21(19)15-20)7-12-31(23)17-18-2-3-18/h1,4-5,9-10,15-16,18,23,33,35H,2-3,6-8,11-14,17H2. The minimum absolute atomic E-state index is 0.0314. The van der Waals surface area contributed by atoms with Crippen LogP contribution in [0.4, 0.5) is 0 Å². The summed E-state index contributed by atoms with van der Waals surface area (Å²) in [5.74, 6) is 1.42. The Morgan fingerprint density at radius 1 is 1.11 bits per heavy atom. The van der Waals surface area contributed by atoms with Crippen LogP contribution in [0.15, 0.2) is 42.9 Å². The van der Waals surface area contributed by atoms with Crippen LogP contribution in [0.1, 0.15) is 53.7 Å². The second-order valence-corrected chi connectivity index (χ2v) is 11.0. The summed E-state index contributed by atoms with van der Waals surface area (Å²) in [5, 5.41) is 23.0. The molecule has 0 spiro atoms. The van der Waals surface area contributed by atoms with Gasteiger partial charge in [0.25, 0.3) is 5.91 Å². The Labute approximate surface area is 204 Å². The predicted molar refractivity (Wildman–Crippen MR) is 129 cm³/mol. The van der Waals surface area contributed by atoms with Crippen molar-refractivity contribution in [1.82, 2.24) is 24.2 Å². The maximum atomic E-state index is 13.7. The number of likely N-dealkylation sites (tertiary alicyclic amines) is 2. The van der Waals surface area contributed by atoms with Crippen molar-refractivity contribution in [2.24, 2.45) is 5.92 Å². The van der Waals surface area contributed by atoms with E-state index >= 15 is 0 Å². The molecule has 8 nitrogen and oxygen atoms in total. The highest BCUT2D eigenvalue weighted by atomic mass is 16.3. The van der Waals surface area contributed by atoms with Crippen molar-refractivity contribution >= 4 is 11.7 Å². The van der Waals surface area contributed by atoms with Crippen molar-refractivity contribution in [2.75, 3.05) is 26.2 Å². The van der Waals surface area contributed by atoms with Gasteiger partial charge in [0.2, 0.25) is 5.78 Å². The molecular weight excluding hydrogens is 442 g/mol. The molecule has 1 saturated carbocycles. The lowest BCUT2D eigenvalue weighted by molar-refractivity contribution is -0.149. The van der Waals surface area contributed by atoms with Gasteiger partial charge in [-0.25, -0.2) is 9.97 Å². The zero-order valence-electron chi connectivity index (χ0n) is 19.8. The average Bonchev–Trinajstić information content (AvgIpc) is 3.60. The molecular formula is C27H31N5O3. The lowest BCUT2D eigenvalue weighted by Gasteiger charge is -2.61. The van der Waals surface area contributed by atoms with Gasteiger partial charge in [0.05, 0.1) is 11.8 Å². The van der Waals surface area contributed by atoms with Crippen LogP contribution in [0.25, 0.3) is 5.78 Å². The summed E-state index contributed by atoms with van der Waals surface area (Å²) in [6.07, 6.45) is 10.5. The van der Waals surface area contributed by atoms with Gasteiger partial charge >= 0.3 is 0 Å². The number of amides is 1. The van der Waals surface area contributed by atoms with Crippen molar-refractivity contribution in [3.63, 3.8) is 0 Å². The number of carbonyl (C=O) groups excluding carboxylic acids is 1. The lowest BCUT2D eigenvalue weighted by atomic mass is 9.52. The van der Waals surface area contributed by atoms with Gasteiger partial charge in [-0.05, 0) is 80.3 Å². The summed E-state index contributed by atoms with van der Waals surface area (Å²) in [6, 6.07) is 7.51. The summed E-state index contributed by atoms with van der Waals surface area (Å²) in [7, 11) is 0. The number of hydrogen-bond donors (Lipinski definition) is 2. The van der Waals surface area contributed by atoms with Crippen LogP contribution in [-0.2, 0) is 11.8 Å². The summed E-state index contributed by atoms with van der Waals surface area (Å²) >= 11 is 0. The van der Waals surface area contributed by atoms with E-state index in [4.69, 9.17) is 0 Å². The molecule has 4 heterocycles. The highest BCUT2D eigenvalue weighted by molar-refractivity contribution is 5.93. The van der Waals surface area contributed by atoms with Gasteiger partial charge in [0.15, 0.2) is 0 Å². The Kier molecular flexibility index (Phi) is 4.58. The monoisotopic (exact) mass is 473 g/mol. The molecule has 1 aromatic carbocycles. The molecule has 8 heteroatoms. The first-order chi connectivity index (χ1) is 17.0. The Balaban J connectivity index is 1.27. The van der Waals surface area contributed by atoms with Crippen molar-refractivity contribution in [2.45, 2.75) is 55.6 Å². The van der Waals surface area contributed by atoms with Crippen LogP contribution in [0, 0.1) is 5.92 Å². The molecule has 2 N–H and O–H groups in total. The summed E-state index contributed by atoms with van der Waals surface area (Å²) in [6.45, 7) is 3.05. The number of phenols is 1. The van der Waals surface area contributed by atoms with E-state index in [1.165, 1.54) is 18.4 Å². The fourth-order valence-corrected chi connectivity index (χ4v) is 7.22. The fourth-order valence-electron chi connectivity index (χ4n) is 7.22. The summed E-state index contributed by atoms with van der Waals surface area (Å²) in [5.41, 5.74) is 1.39. The third-order valence-electron chi connectivity index (χ3n) is 9.22. The number of benzene rings is 1. The Bertz CT molecular complexity index is 1320. The molecule has 3 aromatic rings. The highest BCUT2D eigenvalue weighted by Gasteiger charge is 2.63. The number of phenolic OH excluding ortho intramolecular Hbond substituents is 1. The molecule has 2 aliphatic heterocycles. The van der Waals surface area contributed by atoms with Crippen LogP contribution < -0.4 is 0 Å². The number of piperidine rings is 1. The first kappa shape index (κ1) is 21.3. The van der Waals surface area contributed by atoms with Gasteiger partial charge in [-0.1, -0.05) is 6.07 Å². The topological polar surface area (TPSA) is 94.2 Å². The molecule has 0 radical (unpaired) electrons. The number of aromatic nitrogens is 3. The molecule has 182 valence electrons. The Hall–Kier alpha value is -2.97. The maximum absolute atomic E-state index is 13.7. The first-order valence-electron chi connectivity index (χ1n) is 12.8. The average molecular weight is 474 g/mol. The second-order valence-electron chi connectivity index (χ2n) is 11.0. The molecule has 7 rings (SSSR count). The molecule has 3 unspecified atom stereocenters. The normalized spacial score (nSPS) is 30.5. The first-order valence-corrected chi connectivity index (χ1v) is 12.8. The molecule has 1 amide bonds. The van der Waals surface area contributed by atoms with Crippen molar-refractivity contribution in [3.8, 4) is 5.75 Å². The number of imidazole rings is 1. The molecule has 35 heavy (non-hydrogen) atoms. The van der Waals surface area contributed by atoms with E-state index in [1.807, 2.05) is 23.2 Å². The van der Waals surface area contributed by atoms with Gasteiger partial charge in [0.1, 0.15) is 11.4 Å². The molecule has 3 atom stereocenters. The minimum atomic E-state index is -0.947. The van der Waals surface area contributed by atoms with Gasteiger partial charge < -0.3 is 15.1 Å². The van der Waals surface area contributed by atoms with Gasteiger partial charge in [0, 0.05) is 43.5 Å². The maximum Gasteiger partial charge on any atom is 0.272 e. The number of nitrogens with zero attached hydrogens (tertiary/aromatic N) is 5. The predicted octanol–water partition coefficient (Wildman–Crippen LogP) is 2.38. The Morgan fingerprint density at radius 3 is 2.80 bits per heavy atom. The molecule has 2 aromatic heterocycles. The number of carbonyl (C=O) groups is 1. The van der Waals surface area contributed by atoms with Gasteiger partial charge in [-0.15, -0.1) is 0 Å². The van der Waals surface area contributed by atoms with Crippen molar-refractivity contribution in [1.29, 1.82) is 0 Å². The van der Waals surface area contributed by atoms with E-state index in [2.05, 4.69) is 14.9 Å². The largest absolute Gasteiger partial charge is 0.508 e. The van der Waals surface area contributed by atoms with E-state index in [-0.39, 0.29) is 17.7 Å². The minimum Gasteiger partial charge on any atom is -0.508 e. The molecule has 2 saturated heterocycles. The zero-order valence-corrected chi connectivity index (χ0v) is 19.8. The fraction of sp³-hybridized carbons (Fsp3) is 0.519. The smallest absolute Gasteiger partial charge is 0.272 e. The third kappa shape index (κ3) is 3.09. The van der Waals surface area contributed by atoms with E-state index in [9.17, 15) is 15.0 Å². The van der Waals surface area contributed by atoms with E-state index in [1.54, 1.807) is 28.9 Å². The van der Waals surface area contributed by atoms with Crippen LogP contribution >= 0.6 is 0 Å². The SMILES string of the molecule is O=C(c1cnc2ncccn12)N1CCC23CCN(CC4CC4)C(Cc4ccc(O)cc42)C3(O)CC1. The summed E-state index contributed by atoms with van der Waals surface area (Å²) in [4.78, 5) is 26.6. The Morgan fingerprint density at radius 2 is 1.94 bits per heavy atom. The van der Waals surface area contributed by atoms with E-state index in [0.29, 0.717) is 37.4 Å². The van der Waals surface area contributed by atoms with Gasteiger partial charge in [-0.2, -0.15) is 0 Å². The number of hydrogen-bond acceptors (Lipinski definition) is 6. The van der Waals surface area contributed by atoms with Crippen molar-refractivity contribution in [3.05, 3.63) is 59.7 Å². The molecule has 4 aliphatic rings. The van der Waals surface area contributed by atoms with Crippen LogP contribution in [0.3, 0.4) is 0 Å². The zero-order chi connectivity index (χ0) is 23.8. The van der Waals surface area contributed by atoms with Crippen LogP contribution in [-0.4, -0.2) is 78.1 Å². The summed E-state index contributed by atoms with van der Waals surface area (Å²) < 4.78 is 1.73. The van der Waals surface area contributed by atoms with E-state index < -0.39 is 11.0 Å². The van der Waals surface area contributed by atoms with Crippen LogP contribution in [0.2, 0.25) is 0 Å². The number of aromatic hydroxyl groups is 1. The quantitative estimate of drug-likeness (QED) is 0.607. The molecule has 3 fully saturated rings. The molecule has 2 bridgehead atoms. The molecule has 2 aliphatic carbocycles. The van der Waals surface area contributed by atoms with Crippen LogP contribution in [0.5, 0.6) is 5.75 Å². The lowest BCUT2D eigenvalue weighted by Crippen LogP contribution is -2.71. The second kappa shape index (κ2) is 7.51. The number of aliphatic hydroxyl groups is 1. The number of fused-ring (bicyclic) bond motifs is 2. The van der Waals surface area contributed by atoms with E-state index in [0.717, 1.165) is 37.4 Å².